The molecular formula is C16H33N3. The normalized spacial score (nSPS) is 29.7. The number of fused-ring (bicyclic) bond motifs is 1. The Kier molecular flexibility index (Phi) is 6.11. The van der Waals surface area contributed by atoms with Gasteiger partial charge in [0.25, 0.3) is 0 Å². The van der Waals surface area contributed by atoms with Crippen LogP contribution in [0, 0.1) is 5.92 Å². The van der Waals surface area contributed by atoms with Crippen molar-refractivity contribution in [2.24, 2.45) is 5.92 Å². The lowest BCUT2D eigenvalue weighted by Gasteiger charge is -2.47. The molecule has 0 aliphatic carbocycles. The second kappa shape index (κ2) is 7.61. The fourth-order valence-corrected chi connectivity index (χ4v) is 3.46. The second-order valence-electron chi connectivity index (χ2n) is 6.92. The van der Waals surface area contributed by atoms with E-state index < -0.39 is 0 Å². The Morgan fingerprint density at radius 3 is 2.79 bits per heavy atom. The largest absolute Gasteiger partial charge is 0.315 e. The van der Waals surface area contributed by atoms with Gasteiger partial charge in [0.15, 0.2) is 0 Å². The molecule has 2 aliphatic heterocycles. The lowest BCUT2D eigenvalue weighted by molar-refractivity contribution is 0.0160. The van der Waals surface area contributed by atoms with Gasteiger partial charge in [0.2, 0.25) is 0 Å². The summed E-state index contributed by atoms with van der Waals surface area (Å²) < 4.78 is 0. The van der Waals surface area contributed by atoms with Gasteiger partial charge >= 0.3 is 0 Å². The third-order valence-corrected chi connectivity index (χ3v) is 4.79. The van der Waals surface area contributed by atoms with E-state index in [9.17, 15) is 0 Å². The predicted octanol–water partition coefficient (Wildman–Crippen LogP) is 2.18. The van der Waals surface area contributed by atoms with Crippen molar-refractivity contribution in [2.75, 3.05) is 39.3 Å². The van der Waals surface area contributed by atoms with E-state index in [1.807, 2.05) is 0 Å². The molecule has 2 aliphatic rings. The summed E-state index contributed by atoms with van der Waals surface area (Å²) in [6, 6.07) is 1.59. The monoisotopic (exact) mass is 267 g/mol. The van der Waals surface area contributed by atoms with E-state index in [0.29, 0.717) is 0 Å². The summed E-state index contributed by atoms with van der Waals surface area (Å²) in [4.78, 5) is 5.44. The van der Waals surface area contributed by atoms with Crippen molar-refractivity contribution in [3.05, 3.63) is 0 Å². The SMILES string of the molecule is CC(C)CCNCCN1CC2CCCCN2CC1C. The zero-order chi connectivity index (χ0) is 13.7. The molecule has 0 aromatic rings. The van der Waals surface area contributed by atoms with Gasteiger partial charge < -0.3 is 5.32 Å². The van der Waals surface area contributed by atoms with Crippen molar-refractivity contribution < 1.29 is 0 Å². The molecule has 0 aromatic carbocycles. The summed E-state index contributed by atoms with van der Waals surface area (Å²) in [6.45, 7) is 14.5. The molecule has 0 saturated carbocycles. The van der Waals surface area contributed by atoms with Gasteiger partial charge in [0.1, 0.15) is 0 Å². The average Bonchev–Trinajstić information content (AvgIpc) is 2.38. The Balaban J connectivity index is 1.65. The number of piperidine rings is 1. The molecule has 0 aromatic heterocycles. The molecule has 3 nitrogen and oxygen atoms in total. The minimum absolute atomic E-state index is 0.737. The molecule has 0 spiro atoms. The van der Waals surface area contributed by atoms with Gasteiger partial charge in [-0.3, -0.25) is 9.80 Å². The molecular weight excluding hydrogens is 234 g/mol. The molecule has 2 unspecified atom stereocenters. The Morgan fingerprint density at radius 2 is 2.00 bits per heavy atom. The van der Waals surface area contributed by atoms with Crippen molar-refractivity contribution in [3.63, 3.8) is 0 Å². The van der Waals surface area contributed by atoms with E-state index in [1.54, 1.807) is 0 Å². The van der Waals surface area contributed by atoms with Crippen molar-refractivity contribution in [3.8, 4) is 0 Å². The van der Waals surface area contributed by atoms with Gasteiger partial charge in [-0.25, -0.2) is 0 Å². The first-order valence-electron chi connectivity index (χ1n) is 8.35. The Bertz CT molecular complexity index is 254. The zero-order valence-electron chi connectivity index (χ0n) is 13.2. The molecule has 112 valence electrons. The summed E-state index contributed by atoms with van der Waals surface area (Å²) in [6.07, 6.45) is 5.58. The van der Waals surface area contributed by atoms with E-state index in [4.69, 9.17) is 0 Å². The molecule has 3 heteroatoms. The van der Waals surface area contributed by atoms with Crippen molar-refractivity contribution >= 4 is 0 Å². The minimum Gasteiger partial charge on any atom is -0.315 e. The summed E-state index contributed by atoms with van der Waals surface area (Å²) in [7, 11) is 0. The topological polar surface area (TPSA) is 18.5 Å². The summed E-state index contributed by atoms with van der Waals surface area (Å²) in [5.74, 6) is 0.817. The van der Waals surface area contributed by atoms with Gasteiger partial charge in [-0.1, -0.05) is 20.3 Å². The Morgan fingerprint density at radius 1 is 1.16 bits per heavy atom. The van der Waals surface area contributed by atoms with Gasteiger partial charge in [-0.15, -0.1) is 0 Å². The van der Waals surface area contributed by atoms with E-state index >= 15 is 0 Å². The summed E-state index contributed by atoms with van der Waals surface area (Å²) in [5, 5.41) is 3.60. The van der Waals surface area contributed by atoms with Crippen molar-refractivity contribution in [1.29, 1.82) is 0 Å². The first-order chi connectivity index (χ1) is 9.16. The number of piperazine rings is 1. The molecule has 1 N–H and O–H groups in total. The fraction of sp³-hybridized carbons (Fsp3) is 1.00. The van der Waals surface area contributed by atoms with Crippen LogP contribution in [0.3, 0.4) is 0 Å². The average molecular weight is 267 g/mol. The molecule has 0 bridgehead atoms. The number of hydrogen-bond acceptors (Lipinski definition) is 3. The molecule has 19 heavy (non-hydrogen) atoms. The van der Waals surface area contributed by atoms with Crippen LogP contribution in [0.25, 0.3) is 0 Å². The Hall–Kier alpha value is -0.120. The molecule has 2 fully saturated rings. The van der Waals surface area contributed by atoms with E-state index in [1.165, 1.54) is 58.4 Å². The van der Waals surface area contributed by atoms with Gasteiger partial charge in [0, 0.05) is 38.3 Å². The van der Waals surface area contributed by atoms with Crippen LogP contribution < -0.4 is 5.32 Å². The van der Waals surface area contributed by atoms with E-state index in [0.717, 1.165) is 24.5 Å². The molecule has 2 rings (SSSR count). The second-order valence-corrected chi connectivity index (χ2v) is 6.92. The molecule has 0 amide bonds. The molecule has 2 atom stereocenters. The summed E-state index contributed by atoms with van der Waals surface area (Å²) >= 11 is 0. The van der Waals surface area contributed by atoms with Crippen LogP contribution in [-0.4, -0.2) is 61.2 Å². The third-order valence-electron chi connectivity index (χ3n) is 4.79. The maximum absolute atomic E-state index is 3.60. The van der Waals surface area contributed by atoms with Gasteiger partial charge in [-0.05, 0) is 45.2 Å². The highest BCUT2D eigenvalue weighted by Crippen LogP contribution is 2.23. The molecule has 0 radical (unpaired) electrons. The van der Waals surface area contributed by atoms with Crippen LogP contribution in [0.5, 0.6) is 0 Å². The number of rotatable bonds is 6. The van der Waals surface area contributed by atoms with Crippen LogP contribution >= 0.6 is 0 Å². The highest BCUT2D eigenvalue weighted by Gasteiger charge is 2.32. The third kappa shape index (κ3) is 4.73. The van der Waals surface area contributed by atoms with Crippen molar-refractivity contribution in [2.45, 2.75) is 58.5 Å². The smallest absolute Gasteiger partial charge is 0.0223 e. The van der Waals surface area contributed by atoms with Crippen LogP contribution in [0.15, 0.2) is 0 Å². The highest BCUT2D eigenvalue weighted by molar-refractivity contribution is 4.89. The van der Waals surface area contributed by atoms with Crippen LogP contribution in [0.1, 0.15) is 46.5 Å². The lowest BCUT2D eigenvalue weighted by atomic mass is 9.97. The predicted molar refractivity (Wildman–Crippen MR) is 82.6 cm³/mol. The highest BCUT2D eigenvalue weighted by atomic mass is 15.3. The van der Waals surface area contributed by atoms with Crippen LogP contribution in [-0.2, 0) is 0 Å². The van der Waals surface area contributed by atoms with Gasteiger partial charge in [0.05, 0.1) is 0 Å². The molecule has 2 heterocycles. The zero-order valence-corrected chi connectivity index (χ0v) is 13.2. The van der Waals surface area contributed by atoms with Crippen LogP contribution in [0.2, 0.25) is 0 Å². The maximum atomic E-state index is 3.60. The Labute approximate surface area is 119 Å². The fourth-order valence-electron chi connectivity index (χ4n) is 3.46. The lowest BCUT2D eigenvalue weighted by Crippen LogP contribution is -2.59. The number of nitrogens with one attached hydrogen (secondary N) is 1. The van der Waals surface area contributed by atoms with E-state index in [-0.39, 0.29) is 0 Å². The van der Waals surface area contributed by atoms with Crippen LogP contribution in [0.4, 0.5) is 0 Å². The number of nitrogens with zero attached hydrogens (tertiary/aromatic N) is 2. The maximum Gasteiger partial charge on any atom is 0.0223 e. The minimum atomic E-state index is 0.737. The van der Waals surface area contributed by atoms with Crippen molar-refractivity contribution in [1.82, 2.24) is 15.1 Å². The number of hydrogen-bond donors (Lipinski definition) is 1. The summed E-state index contributed by atoms with van der Waals surface area (Å²) in [5.41, 5.74) is 0. The quantitative estimate of drug-likeness (QED) is 0.744. The van der Waals surface area contributed by atoms with E-state index in [2.05, 4.69) is 35.9 Å². The first-order valence-corrected chi connectivity index (χ1v) is 8.35. The van der Waals surface area contributed by atoms with Gasteiger partial charge in [-0.2, -0.15) is 0 Å². The first kappa shape index (κ1) is 15.3. The standard InChI is InChI=1S/C16H33N3/c1-14(2)7-8-17-9-11-18-13-16-6-4-5-10-19(16)12-15(18)3/h14-17H,4-13H2,1-3H3. The molecule has 2 saturated heterocycles.